The van der Waals surface area contributed by atoms with E-state index in [-0.39, 0.29) is 11.8 Å². The molecule has 2 unspecified atom stereocenters. The van der Waals surface area contributed by atoms with Gasteiger partial charge in [-0.1, -0.05) is 45.0 Å². The Kier molecular flexibility index (Phi) is 5.22. The minimum absolute atomic E-state index is 0.0462. The maximum Gasteiger partial charge on any atom is 0.331 e. The predicted octanol–water partition coefficient (Wildman–Crippen LogP) is 3.27. The van der Waals surface area contributed by atoms with Crippen LogP contribution in [0.3, 0.4) is 0 Å². The van der Waals surface area contributed by atoms with E-state index in [9.17, 15) is 14.7 Å². The van der Waals surface area contributed by atoms with Gasteiger partial charge in [-0.05, 0) is 35.8 Å². The molecule has 2 atom stereocenters. The summed E-state index contributed by atoms with van der Waals surface area (Å²) in [7, 11) is 0. The summed E-state index contributed by atoms with van der Waals surface area (Å²) in [6, 6.07) is 6.69. The summed E-state index contributed by atoms with van der Waals surface area (Å²) < 4.78 is 0. The second-order valence-corrected chi connectivity index (χ2v) is 6.72. The molecule has 1 aromatic rings. The van der Waals surface area contributed by atoms with Gasteiger partial charge in [0.1, 0.15) is 0 Å². The van der Waals surface area contributed by atoms with Gasteiger partial charge >= 0.3 is 5.97 Å². The molecular formula is C18H25NO3. The van der Waals surface area contributed by atoms with Gasteiger partial charge in [0.05, 0.1) is 0 Å². The largest absolute Gasteiger partial charge is 0.479 e. The lowest BCUT2D eigenvalue weighted by Gasteiger charge is -2.35. The quantitative estimate of drug-likeness (QED) is 0.908. The number of carbonyl (C=O) groups excluding carboxylic acids is 1. The zero-order valence-electron chi connectivity index (χ0n) is 13.6. The molecule has 0 bridgehead atoms. The van der Waals surface area contributed by atoms with E-state index < -0.39 is 12.0 Å². The summed E-state index contributed by atoms with van der Waals surface area (Å²) >= 11 is 0. The van der Waals surface area contributed by atoms with Crippen LogP contribution in [0.15, 0.2) is 24.3 Å². The predicted molar refractivity (Wildman–Crippen MR) is 85.5 cm³/mol. The normalized spacial score (nSPS) is 18.9. The van der Waals surface area contributed by atoms with Crippen molar-refractivity contribution in [1.82, 2.24) is 4.90 Å². The number of hydrogen-bond acceptors (Lipinski definition) is 2. The van der Waals surface area contributed by atoms with Crippen LogP contribution in [0.4, 0.5) is 0 Å². The van der Waals surface area contributed by atoms with Crippen LogP contribution >= 0.6 is 0 Å². The molecule has 0 aromatic heterocycles. The molecule has 0 saturated carbocycles. The topological polar surface area (TPSA) is 57.6 Å². The van der Waals surface area contributed by atoms with Crippen molar-refractivity contribution in [1.29, 1.82) is 0 Å². The zero-order chi connectivity index (χ0) is 16.3. The molecular weight excluding hydrogens is 278 g/mol. The lowest BCUT2D eigenvalue weighted by atomic mass is 9.90. The summed E-state index contributed by atoms with van der Waals surface area (Å²) in [5, 5.41) is 9.59. The summed E-state index contributed by atoms with van der Waals surface area (Å²) in [5.41, 5.74) is 1.79. The van der Waals surface area contributed by atoms with E-state index in [0.717, 1.165) is 24.0 Å². The molecule has 0 saturated heterocycles. The molecule has 0 aliphatic carbocycles. The Morgan fingerprint density at radius 1 is 1.27 bits per heavy atom. The van der Waals surface area contributed by atoms with E-state index >= 15 is 0 Å². The Morgan fingerprint density at radius 2 is 1.95 bits per heavy atom. The maximum absolute atomic E-state index is 12.6. The summed E-state index contributed by atoms with van der Waals surface area (Å²) in [6.07, 6.45) is 2.13. The second-order valence-electron chi connectivity index (χ2n) is 6.72. The number of benzene rings is 1. The van der Waals surface area contributed by atoms with Gasteiger partial charge in [0.15, 0.2) is 6.04 Å². The van der Waals surface area contributed by atoms with Crippen LogP contribution in [-0.4, -0.2) is 28.4 Å². The van der Waals surface area contributed by atoms with Crippen LogP contribution < -0.4 is 0 Å². The highest BCUT2D eigenvalue weighted by Crippen LogP contribution is 2.31. The third-order valence-electron chi connectivity index (χ3n) is 4.23. The first-order valence-corrected chi connectivity index (χ1v) is 8.00. The number of aliphatic carboxylic acids is 1. The lowest BCUT2D eigenvalue weighted by Crippen LogP contribution is -2.44. The van der Waals surface area contributed by atoms with Gasteiger partial charge in [-0.25, -0.2) is 4.79 Å². The van der Waals surface area contributed by atoms with Crippen LogP contribution in [0.5, 0.6) is 0 Å². The number of fused-ring (bicyclic) bond motifs is 1. The standard InChI is InChI=1S/C18H25NO3/c1-12(2)10-13(3)11-16(20)19-9-8-14-6-4-5-7-15(14)17(19)18(21)22/h4-7,12-13,17H,8-11H2,1-3H3,(H,21,22). The van der Waals surface area contributed by atoms with E-state index in [1.165, 1.54) is 0 Å². The third-order valence-corrected chi connectivity index (χ3v) is 4.23. The summed E-state index contributed by atoms with van der Waals surface area (Å²) in [5.74, 6) is -0.175. The smallest absolute Gasteiger partial charge is 0.331 e. The molecule has 1 heterocycles. The van der Waals surface area contributed by atoms with Crippen LogP contribution in [0.1, 0.15) is 50.8 Å². The van der Waals surface area contributed by atoms with Crippen LogP contribution in [0, 0.1) is 11.8 Å². The van der Waals surface area contributed by atoms with Crippen molar-refractivity contribution in [3.05, 3.63) is 35.4 Å². The first kappa shape index (κ1) is 16.5. The molecule has 0 spiro atoms. The van der Waals surface area contributed by atoms with E-state index in [2.05, 4.69) is 20.8 Å². The highest BCUT2D eigenvalue weighted by Gasteiger charge is 2.35. The zero-order valence-corrected chi connectivity index (χ0v) is 13.6. The molecule has 1 aliphatic rings. The van der Waals surface area contributed by atoms with Crippen molar-refractivity contribution in [2.75, 3.05) is 6.54 Å². The number of hydrogen-bond donors (Lipinski definition) is 1. The van der Waals surface area contributed by atoms with Crippen LogP contribution in [-0.2, 0) is 16.0 Å². The minimum atomic E-state index is -0.947. The van der Waals surface area contributed by atoms with Crippen molar-refractivity contribution >= 4 is 11.9 Å². The molecule has 4 heteroatoms. The highest BCUT2D eigenvalue weighted by atomic mass is 16.4. The first-order valence-electron chi connectivity index (χ1n) is 8.00. The molecule has 4 nitrogen and oxygen atoms in total. The van der Waals surface area contributed by atoms with Gasteiger partial charge in [0.2, 0.25) is 5.91 Å². The molecule has 1 aliphatic heterocycles. The lowest BCUT2D eigenvalue weighted by molar-refractivity contribution is -0.151. The first-order chi connectivity index (χ1) is 10.4. The van der Waals surface area contributed by atoms with Crippen molar-refractivity contribution in [2.24, 2.45) is 11.8 Å². The van der Waals surface area contributed by atoms with Crippen LogP contribution in [0.2, 0.25) is 0 Å². The van der Waals surface area contributed by atoms with E-state index in [0.29, 0.717) is 18.9 Å². The van der Waals surface area contributed by atoms with Gasteiger partial charge in [-0.2, -0.15) is 0 Å². The number of carboxylic acids is 1. The fraction of sp³-hybridized carbons (Fsp3) is 0.556. The van der Waals surface area contributed by atoms with Crippen LogP contribution in [0.25, 0.3) is 0 Å². The average molecular weight is 303 g/mol. The Morgan fingerprint density at radius 3 is 2.59 bits per heavy atom. The Balaban J connectivity index is 2.17. The molecule has 0 fully saturated rings. The van der Waals surface area contributed by atoms with E-state index in [4.69, 9.17) is 0 Å². The van der Waals surface area contributed by atoms with Gasteiger partial charge in [0.25, 0.3) is 0 Å². The molecule has 1 aromatic carbocycles. The minimum Gasteiger partial charge on any atom is -0.479 e. The van der Waals surface area contributed by atoms with Gasteiger partial charge < -0.3 is 10.0 Å². The molecule has 1 N–H and O–H groups in total. The third kappa shape index (κ3) is 3.67. The fourth-order valence-corrected chi connectivity index (χ4v) is 3.40. The monoisotopic (exact) mass is 303 g/mol. The van der Waals surface area contributed by atoms with Crippen molar-refractivity contribution in [3.63, 3.8) is 0 Å². The van der Waals surface area contributed by atoms with E-state index in [1.807, 2.05) is 24.3 Å². The average Bonchev–Trinajstić information content (AvgIpc) is 2.44. The van der Waals surface area contributed by atoms with E-state index in [1.54, 1.807) is 4.90 Å². The Hall–Kier alpha value is -1.84. The van der Waals surface area contributed by atoms with Crippen molar-refractivity contribution < 1.29 is 14.7 Å². The van der Waals surface area contributed by atoms with Gasteiger partial charge in [-0.15, -0.1) is 0 Å². The summed E-state index contributed by atoms with van der Waals surface area (Å²) in [6.45, 7) is 6.82. The molecule has 120 valence electrons. The Labute approximate surface area is 132 Å². The molecule has 1 amide bonds. The fourth-order valence-electron chi connectivity index (χ4n) is 3.40. The number of rotatable bonds is 5. The molecule has 22 heavy (non-hydrogen) atoms. The number of nitrogens with zero attached hydrogens (tertiary/aromatic N) is 1. The van der Waals surface area contributed by atoms with Gasteiger partial charge in [0, 0.05) is 13.0 Å². The summed E-state index contributed by atoms with van der Waals surface area (Å²) in [4.78, 5) is 25.8. The number of carbonyl (C=O) groups is 2. The number of amides is 1. The maximum atomic E-state index is 12.6. The van der Waals surface area contributed by atoms with Crippen molar-refractivity contribution in [2.45, 2.75) is 46.1 Å². The highest BCUT2D eigenvalue weighted by molar-refractivity contribution is 5.85. The Bertz CT molecular complexity index is 553. The number of carboxylic acid groups (broad SMARTS) is 1. The second kappa shape index (κ2) is 6.95. The molecule has 0 radical (unpaired) electrons. The van der Waals surface area contributed by atoms with Crippen molar-refractivity contribution in [3.8, 4) is 0 Å². The van der Waals surface area contributed by atoms with Gasteiger partial charge in [-0.3, -0.25) is 4.79 Å². The molecule has 2 rings (SSSR count). The SMILES string of the molecule is CC(C)CC(C)CC(=O)N1CCc2ccccc2C1C(=O)O.